The van der Waals surface area contributed by atoms with Crippen LogP contribution in [0.4, 0.5) is 0 Å². The maximum absolute atomic E-state index is 13.1. The van der Waals surface area contributed by atoms with Gasteiger partial charge in [-0.3, -0.25) is 9.69 Å². The number of nitriles is 1. The SMILES string of the molecule is COc1ccc([C@H]2CC(=O)N3C(=C2C#N)SC[C@]3(O)c2ccc(C)cc2)cc1. The second kappa shape index (κ2) is 7.01. The first kappa shape index (κ1) is 18.6. The first-order valence-corrected chi connectivity index (χ1v) is 10.00. The minimum atomic E-state index is -1.43. The molecule has 5 nitrogen and oxygen atoms in total. The third kappa shape index (κ3) is 2.88. The van der Waals surface area contributed by atoms with Crippen molar-refractivity contribution in [3.63, 3.8) is 0 Å². The van der Waals surface area contributed by atoms with Gasteiger partial charge in [-0.15, -0.1) is 11.8 Å². The molecule has 0 spiro atoms. The monoisotopic (exact) mass is 392 g/mol. The molecular weight excluding hydrogens is 372 g/mol. The number of hydrogen-bond donors (Lipinski definition) is 1. The summed E-state index contributed by atoms with van der Waals surface area (Å²) in [5, 5.41) is 21.8. The zero-order chi connectivity index (χ0) is 19.9. The van der Waals surface area contributed by atoms with Crippen molar-refractivity contribution in [1.82, 2.24) is 4.90 Å². The summed E-state index contributed by atoms with van der Waals surface area (Å²) in [7, 11) is 1.60. The average Bonchev–Trinajstić information content (AvgIpc) is 3.07. The molecule has 2 aliphatic heterocycles. The van der Waals surface area contributed by atoms with Gasteiger partial charge in [0.05, 0.1) is 29.5 Å². The fourth-order valence-corrected chi connectivity index (χ4v) is 5.14. The molecule has 28 heavy (non-hydrogen) atoms. The third-order valence-corrected chi connectivity index (χ3v) is 6.57. The first-order valence-electron chi connectivity index (χ1n) is 9.01. The van der Waals surface area contributed by atoms with Gasteiger partial charge in [0.25, 0.3) is 0 Å². The number of rotatable bonds is 3. The Morgan fingerprint density at radius 2 is 1.89 bits per heavy atom. The van der Waals surface area contributed by atoms with E-state index in [4.69, 9.17) is 4.74 Å². The number of nitrogens with zero attached hydrogens (tertiary/aromatic N) is 2. The molecule has 4 rings (SSSR count). The predicted molar refractivity (Wildman–Crippen MR) is 107 cm³/mol. The van der Waals surface area contributed by atoms with Crippen LogP contribution in [0.1, 0.15) is 29.0 Å². The standard InChI is InChI=1S/C22H20N2O3S/c1-14-3-7-16(8-4-14)22(26)13-28-21-19(12-23)18(11-20(25)24(21)22)15-5-9-17(27-2)10-6-15/h3-10,18,26H,11,13H2,1-2H3/t18-,22+/m1/s1. The minimum Gasteiger partial charge on any atom is -0.497 e. The molecule has 0 saturated carbocycles. The fourth-order valence-electron chi connectivity index (χ4n) is 3.78. The molecule has 2 heterocycles. The molecule has 1 amide bonds. The Kier molecular flexibility index (Phi) is 4.66. The number of amides is 1. The van der Waals surface area contributed by atoms with Crippen LogP contribution < -0.4 is 4.74 Å². The van der Waals surface area contributed by atoms with Gasteiger partial charge in [0.15, 0.2) is 5.72 Å². The highest BCUT2D eigenvalue weighted by atomic mass is 32.2. The third-order valence-electron chi connectivity index (χ3n) is 5.34. The Morgan fingerprint density at radius 3 is 2.50 bits per heavy atom. The smallest absolute Gasteiger partial charge is 0.231 e. The fraction of sp³-hybridized carbons (Fsp3) is 0.273. The predicted octanol–water partition coefficient (Wildman–Crippen LogP) is 3.65. The number of aliphatic hydroxyl groups is 1. The van der Waals surface area contributed by atoms with Crippen LogP contribution in [-0.2, 0) is 10.5 Å². The van der Waals surface area contributed by atoms with Crippen molar-refractivity contribution >= 4 is 17.7 Å². The number of benzene rings is 2. The second-order valence-corrected chi connectivity index (χ2v) is 8.03. The number of carbonyl (C=O) groups excluding carboxylic acids is 1. The maximum atomic E-state index is 13.1. The van der Waals surface area contributed by atoms with Crippen LogP contribution in [0.25, 0.3) is 0 Å². The van der Waals surface area contributed by atoms with E-state index in [1.807, 2.05) is 55.5 Å². The molecule has 2 aromatic carbocycles. The van der Waals surface area contributed by atoms with E-state index >= 15 is 0 Å². The Balaban J connectivity index is 1.77. The topological polar surface area (TPSA) is 73.6 Å². The Hall–Kier alpha value is -2.75. The number of methoxy groups -OCH3 is 1. The lowest BCUT2D eigenvalue weighted by Gasteiger charge is -2.38. The number of ether oxygens (including phenoxy) is 1. The van der Waals surface area contributed by atoms with Crippen LogP contribution in [0, 0.1) is 18.3 Å². The molecule has 0 aliphatic carbocycles. The van der Waals surface area contributed by atoms with Crippen LogP contribution in [0.15, 0.2) is 59.1 Å². The lowest BCUT2D eigenvalue weighted by molar-refractivity contribution is -0.149. The van der Waals surface area contributed by atoms with Crippen LogP contribution in [-0.4, -0.2) is 28.8 Å². The van der Waals surface area contributed by atoms with Crippen molar-refractivity contribution < 1.29 is 14.6 Å². The van der Waals surface area contributed by atoms with Crippen LogP contribution in [0.2, 0.25) is 0 Å². The van der Waals surface area contributed by atoms with Gasteiger partial charge in [-0.2, -0.15) is 5.26 Å². The lowest BCUT2D eigenvalue weighted by atomic mass is 9.85. The van der Waals surface area contributed by atoms with Gasteiger partial charge in [0, 0.05) is 17.9 Å². The molecule has 1 N–H and O–H groups in total. The number of fused-ring (bicyclic) bond motifs is 1. The van der Waals surface area contributed by atoms with Crippen LogP contribution in [0.5, 0.6) is 5.75 Å². The molecule has 1 saturated heterocycles. The van der Waals surface area contributed by atoms with Crippen molar-refractivity contribution in [2.75, 3.05) is 12.9 Å². The molecular formula is C22H20N2O3S. The van der Waals surface area contributed by atoms with Gasteiger partial charge in [-0.1, -0.05) is 42.0 Å². The molecule has 2 aliphatic rings. The number of hydrogen-bond acceptors (Lipinski definition) is 5. The maximum Gasteiger partial charge on any atom is 0.231 e. The zero-order valence-corrected chi connectivity index (χ0v) is 16.5. The summed E-state index contributed by atoms with van der Waals surface area (Å²) in [6.45, 7) is 1.97. The quantitative estimate of drug-likeness (QED) is 0.863. The van der Waals surface area contributed by atoms with Crippen molar-refractivity contribution in [2.45, 2.75) is 25.0 Å². The summed E-state index contributed by atoms with van der Waals surface area (Å²) in [5.41, 5.74) is 1.73. The highest BCUT2D eigenvalue weighted by Crippen LogP contribution is 2.51. The highest BCUT2D eigenvalue weighted by molar-refractivity contribution is 8.03. The van der Waals surface area contributed by atoms with Gasteiger partial charge in [0.2, 0.25) is 5.91 Å². The van der Waals surface area contributed by atoms with E-state index in [-0.39, 0.29) is 18.2 Å². The molecule has 6 heteroatoms. The Labute approximate surface area is 168 Å². The average molecular weight is 392 g/mol. The van der Waals surface area contributed by atoms with Crippen molar-refractivity contribution in [1.29, 1.82) is 5.26 Å². The second-order valence-electron chi connectivity index (χ2n) is 7.06. The summed E-state index contributed by atoms with van der Waals surface area (Å²) < 4.78 is 5.20. The number of thioether (sulfide) groups is 1. The van der Waals surface area contributed by atoms with E-state index in [1.165, 1.54) is 16.7 Å². The van der Waals surface area contributed by atoms with E-state index in [1.54, 1.807) is 7.11 Å². The number of aryl methyl sites for hydroxylation is 1. The van der Waals surface area contributed by atoms with Crippen molar-refractivity contribution in [3.05, 3.63) is 75.8 Å². The normalized spacial score (nSPS) is 24.1. The van der Waals surface area contributed by atoms with E-state index in [9.17, 15) is 15.2 Å². The molecule has 0 aromatic heterocycles. The van der Waals surface area contributed by atoms with Crippen LogP contribution in [0.3, 0.4) is 0 Å². The van der Waals surface area contributed by atoms with Gasteiger partial charge in [-0.05, 0) is 24.6 Å². The van der Waals surface area contributed by atoms with E-state index in [2.05, 4.69) is 6.07 Å². The molecule has 142 valence electrons. The number of allylic oxidation sites excluding steroid dienone is 1. The molecule has 1 fully saturated rings. The summed E-state index contributed by atoms with van der Waals surface area (Å²) in [6, 6.07) is 17.2. The Morgan fingerprint density at radius 1 is 1.21 bits per heavy atom. The van der Waals surface area contributed by atoms with Crippen molar-refractivity contribution in [3.8, 4) is 11.8 Å². The van der Waals surface area contributed by atoms with Crippen molar-refractivity contribution in [2.24, 2.45) is 0 Å². The molecule has 0 radical (unpaired) electrons. The van der Waals surface area contributed by atoms with Crippen LogP contribution >= 0.6 is 11.8 Å². The summed E-state index contributed by atoms with van der Waals surface area (Å²) in [6.07, 6.45) is 0.146. The Bertz CT molecular complexity index is 992. The first-order chi connectivity index (χ1) is 13.5. The molecule has 2 aromatic rings. The number of carbonyl (C=O) groups is 1. The van der Waals surface area contributed by atoms with E-state index in [0.29, 0.717) is 21.9 Å². The van der Waals surface area contributed by atoms with Gasteiger partial charge in [-0.25, -0.2) is 0 Å². The minimum absolute atomic E-state index is 0.146. The molecule has 0 bridgehead atoms. The largest absolute Gasteiger partial charge is 0.497 e. The van der Waals surface area contributed by atoms with Gasteiger partial charge < -0.3 is 9.84 Å². The highest BCUT2D eigenvalue weighted by Gasteiger charge is 2.51. The summed E-state index contributed by atoms with van der Waals surface area (Å²) >= 11 is 1.36. The lowest BCUT2D eigenvalue weighted by Crippen LogP contribution is -2.48. The summed E-state index contributed by atoms with van der Waals surface area (Å²) in [4.78, 5) is 14.5. The summed E-state index contributed by atoms with van der Waals surface area (Å²) in [5.74, 6) is 0.533. The van der Waals surface area contributed by atoms with E-state index in [0.717, 1.165) is 16.9 Å². The molecule has 0 unspecified atom stereocenters. The van der Waals surface area contributed by atoms with Gasteiger partial charge in [0.1, 0.15) is 5.75 Å². The zero-order valence-electron chi connectivity index (χ0n) is 15.7. The van der Waals surface area contributed by atoms with Gasteiger partial charge >= 0.3 is 0 Å². The van der Waals surface area contributed by atoms with E-state index < -0.39 is 5.72 Å². The molecule has 2 atom stereocenters.